The number of carbonyl (C=O) groups excluding carboxylic acids is 1. The summed E-state index contributed by atoms with van der Waals surface area (Å²) in [6.45, 7) is 0. The summed E-state index contributed by atoms with van der Waals surface area (Å²) in [5.74, 6) is -2.56. The lowest BCUT2D eigenvalue weighted by atomic mass is 10.2. The number of rotatable bonds is 2. The topological polar surface area (TPSA) is 26.3 Å². The van der Waals surface area contributed by atoms with Crippen LogP contribution in [0.4, 0.5) is 8.78 Å². The maximum atomic E-state index is 12.9. The summed E-state index contributed by atoms with van der Waals surface area (Å²) < 4.78 is 30.6. The SMILES string of the molecule is O=C(Oc1cc(F)cc(F)c1)c1cccc(Cl)c1. The van der Waals surface area contributed by atoms with Gasteiger partial charge in [-0.3, -0.25) is 0 Å². The maximum Gasteiger partial charge on any atom is 0.343 e. The average Bonchev–Trinajstić information content (AvgIpc) is 2.27. The molecule has 0 radical (unpaired) electrons. The molecule has 0 saturated heterocycles. The molecule has 0 atom stereocenters. The normalized spacial score (nSPS) is 10.2. The molecule has 0 saturated carbocycles. The quantitative estimate of drug-likeness (QED) is 0.611. The predicted molar refractivity (Wildman–Crippen MR) is 62.8 cm³/mol. The smallest absolute Gasteiger partial charge is 0.343 e. The Bertz CT molecular complexity index is 579. The van der Waals surface area contributed by atoms with Crippen LogP contribution < -0.4 is 4.74 Å². The van der Waals surface area contributed by atoms with E-state index in [1.54, 1.807) is 12.1 Å². The summed E-state index contributed by atoms with van der Waals surface area (Å²) >= 11 is 5.71. The first-order chi connectivity index (χ1) is 8.54. The molecule has 0 bridgehead atoms. The molecule has 5 heteroatoms. The van der Waals surface area contributed by atoms with Crippen LogP contribution in [0.3, 0.4) is 0 Å². The molecule has 92 valence electrons. The first-order valence-corrected chi connectivity index (χ1v) is 5.36. The van der Waals surface area contributed by atoms with Crippen LogP contribution in [-0.4, -0.2) is 5.97 Å². The Labute approximate surface area is 107 Å². The minimum Gasteiger partial charge on any atom is -0.423 e. The predicted octanol–water partition coefficient (Wildman–Crippen LogP) is 3.84. The van der Waals surface area contributed by atoms with Crippen LogP contribution in [0.5, 0.6) is 5.75 Å². The standard InChI is InChI=1S/C13H7ClF2O2/c14-9-3-1-2-8(4-9)13(17)18-12-6-10(15)5-11(16)7-12/h1-7H. The van der Waals surface area contributed by atoms with E-state index in [1.807, 2.05) is 0 Å². The Kier molecular flexibility index (Phi) is 3.58. The molecule has 0 unspecified atom stereocenters. The third-order valence-electron chi connectivity index (χ3n) is 2.11. The number of hydrogen-bond acceptors (Lipinski definition) is 2. The van der Waals surface area contributed by atoms with Crippen LogP contribution in [0.1, 0.15) is 10.4 Å². The number of benzene rings is 2. The van der Waals surface area contributed by atoms with Gasteiger partial charge >= 0.3 is 5.97 Å². The summed E-state index contributed by atoms with van der Waals surface area (Å²) in [4.78, 5) is 11.7. The van der Waals surface area contributed by atoms with E-state index in [4.69, 9.17) is 16.3 Å². The lowest BCUT2D eigenvalue weighted by Gasteiger charge is -2.04. The molecule has 0 aliphatic rings. The van der Waals surface area contributed by atoms with Crippen LogP contribution in [0.15, 0.2) is 42.5 Å². The van der Waals surface area contributed by atoms with Gasteiger partial charge in [0, 0.05) is 23.2 Å². The Hall–Kier alpha value is -1.94. The number of halogens is 3. The van der Waals surface area contributed by atoms with Crippen molar-refractivity contribution in [2.45, 2.75) is 0 Å². The fourth-order valence-electron chi connectivity index (χ4n) is 1.37. The van der Waals surface area contributed by atoms with Gasteiger partial charge < -0.3 is 4.74 Å². The highest BCUT2D eigenvalue weighted by Gasteiger charge is 2.10. The molecular formula is C13H7ClF2O2. The summed E-state index contributed by atoms with van der Waals surface area (Å²) in [7, 11) is 0. The molecular weight excluding hydrogens is 262 g/mol. The van der Waals surface area contributed by atoms with Crippen molar-refractivity contribution in [1.29, 1.82) is 0 Å². The second-order valence-corrected chi connectivity index (χ2v) is 3.94. The zero-order chi connectivity index (χ0) is 13.1. The average molecular weight is 269 g/mol. The van der Waals surface area contributed by atoms with Crippen molar-refractivity contribution in [3.05, 3.63) is 64.7 Å². The fraction of sp³-hybridized carbons (Fsp3) is 0. The summed E-state index contributed by atoms with van der Waals surface area (Å²) in [5, 5.41) is 0.370. The second-order valence-electron chi connectivity index (χ2n) is 3.51. The Morgan fingerprint density at radius 2 is 1.72 bits per heavy atom. The molecule has 2 rings (SSSR count). The maximum absolute atomic E-state index is 12.9. The lowest BCUT2D eigenvalue weighted by molar-refractivity contribution is 0.0734. The minimum absolute atomic E-state index is 0.197. The van der Waals surface area contributed by atoms with Crippen LogP contribution in [0, 0.1) is 11.6 Å². The van der Waals surface area contributed by atoms with Crippen molar-refractivity contribution in [3.8, 4) is 5.75 Å². The molecule has 0 N–H and O–H groups in total. The molecule has 2 aromatic carbocycles. The first-order valence-electron chi connectivity index (χ1n) is 4.98. The van der Waals surface area contributed by atoms with Gasteiger partial charge in [0.25, 0.3) is 0 Å². The van der Waals surface area contributed by atoms with E-state index >= 15 is 0 Å². The zero-order valence-electron chi connectivity index (χ0n) is 8.99. The molecule has 0 aliphatic carbocycles. The van der Waals surface area contributed by atoms with Gasteiger partial charge in [-0.25, -0.2) is 13.6 Å². The number of carbonyl (C=O) groups is 1. The van der Waals surface area contributed by atoms with Crippen molar-refractivity contribution < 1.29 is 18.3 Å². The number of ether oxygens (including phenoxy) is 1. The molecule has 0 heterocycles. The van der Waals surface area contributed by atoms with Crippen LogP contribution >= 0.6 is 11.6 Å². The summed E-state index contributed by atoms with van der Waals surface area (Å²) in [5.41, 5.74) is 0.201. The Morgan fingerprint density at radius 3 is 2.33 bits per heavy atom. The van der Waals surface area contributed by atoms with Crippen LogP contribution in [0.25, 0.3) is 0 Å². The third-order valence-corrected chi connectivity index (χ3v) is 2.34. The van der Waals surface area contributed by atoms with Gasteiger partial charge in [-0.1, -0.05) is 17.7 Å². The molecule has 0 amide bonds. The Morgan fingerprint density at radius 1 is 1.06 bits per heavy atom. The van der Waals surface area contributed by atoms with Gasteiger partial charge in [0.2, 0.25) is 0 Å². The highest BCUT2D eigenvalue weighted by atomic mass is 35.5. The van der Waals surface area contributed by atoms with E-state index in [1.165, 1.54) is 12.1 Å². The number of hydrogen-bond donors (Lipinski definition) is 0. The van der Waals surface area contributed by atoms with Gasteiger partial charge in [0.05, 0.1) is 5.56 Å². The van der Waals surface area contributed by atoms with Crippen molar-refractivity contribution in [1.82, 2.24) is 0 Å². The molecule has 0 fully saturated rings. The third kappa shape index (κ3) is 3.05. The van der Waals surface area contributed by atoms with E-state index in [0.29, 0.717) is 11.1 Å². The fourth-order valence-corrected chi connectivity index (χ4v) is 1.56. The largest absolute Gasteiger partial charge is 0.423 e. The summed E-state index contributed by atoms with van der Waals surface area (Å²) in [6.07, 6.45) is 0. The zero-order valence-corrected chi connectivity index (χ0v) is 9.75. The van der Waals surface area contributed by atoms with E-state index < -0.39 is 17.6 Å². The highest BCUT2D eigenvalue weighted by molar-refractivity contribution is 6.30. The summed E-state index contributed by atoms with van der Waals surface area (Å²) in [6, 6.07) is 8.60. The highest BCUT2D eigenvalue weighted by Crippen LogP contribution is 2.18. The van der Waals surface area contributed by atoms with Crippen molar-refractivity contribution >= 4 is 17.6 Å². The van der Waals surface area contributed by atoms with Gasteiger partial charge in [0.1, 0.15) is 17.4 Å². The van der Waals surface area contributed by atoms with Crippen molar-refractivity contribution in [2.75, 3.05) is 0 Å². The minimum atomic E-state index is -0.816. The van der Waals surface area contributed by atoms with Crippen molar-refractivity contribution in [3.63, 3.8) is 0 Å². The molecule has 18 heavy (non-hydrogen) atoms. The van der Waals surface area contributed by atoms with Gasteiger partial charge in [-0.2, -0.15) is 0 Å². The molecule has 0 spiro atoms. The van der Waals surface area contributed by atoms with Gasteiger partial charge in [-0.15, -0.1) is 0 Å². The second kappa shape index (κ2) is 5.14. The van der Waals surface area contributed by atoms with Gasteiger partial charge in [-0.05, 0) is 18.2 Å². The van der Waals surface area contributed by atoms with E-state index in [0.717, 1.165) is 12.1 Å². The van der Waals surface area contributed by atoms with E-state index in [2.05, 4.69) is 0 Å². The molecule has 2 nitrogen and oxygen atoms in total. The van der Waals surface area contributed by atoms with E-state index in [-0.39, 0.29) is 11.3 Å². The van der Waals surface area contributed by atoms with Crippen molar-refractivity contribution in [2.24, 2.45) is 0 Å². The van der Waals surface area contributed by atoms with E-state index in [9.17, 15) is 13.6 Å². The van der Waals surface area contributed by atoms with Crippen LogP contribution in [-0.2, 0) is 0 Å². The molecule has 0 aliphatic heterocycles. The van der Waals surface area contributed by atoms with Gasteiger partial charge in [0.15, 0.2) is 0 Å². The molecule has 2 aromatic rings. The van der Waals surface area contributed by atoms with Crippen LogP contribution in [0.2, 0.25) is 5.02 Å². The lowest BCUT2D eigenvalue weighted by Crippen LogP contribution is -2.08. The monoisotopic (exact) mass is 268 g/mol. The Balaban J connectivity index is 2.21. The first kappa shape index (κ1) is 12.5. The molecule has 0 aromatic heterocycles. The number of esters is 1.